The van der Waals surface area contributed by atoms with E-state index in [-0.39, 0.29) is 5.41 Å². The second-order valence-electron chi connectivity index (χ2n) is 18.5. The highest BCUT2D eigenvalue weighted by atomic mass is 15.1. The number of fused-ring (bicyclic) bond motifs is 4. The molecule has 6 aromatic carbocycles. The second-order valence-corrected chi connectivity index (χ2v) is 18.5. The lowest BCUT2D eigenvalue weighted by Crippen LogP contribution is -2.43. The minimum atomic E-state index is -0.118. The van der Waals surface area contributed by atoms with E-state index in [2.05, 4.69) is 146 Å². The predicted octanol–water partition coefficient (Wildman–Crippen LogP) is 14.9. The molecule has 0 radical (unpaired) electrons. The first kappa shape index (κ1) is 32.8. The van der Waals surface area contributed by atoms with Crippen molar-refractivity contribution in [3.8, 4) is 22.3 Å². The maximum absolute atomic E-state index is 2.56. The summed E-state index contributed by atoms with van der Waals surface area (Å²) in [5.74, 6) is 5.22. The molecule has 0 amide bonds. The van der Waals surface area contributed by atoms with Gasteiger partial charge in [0, 0.05) is 22.5 Å². The Morgan fingerprint density at radius 1 is 0.500 bits per heavy atom. The highest BCUT2D eigenvalue weighted by Gasteiger charge is 2.48. The number of hydrogen-bond acceptors (Lipinski definition) is 1. The van der Waals surface area contributed by atoms with Crippen molar-refractivity contribution in [2.75, 3.05) is 4.90 Å². The number of rotatable bonds is 6. The van der Waals surface area contributed by atoms with E-state index in [0.717, 1.165) is 29.6 Å². The molecule has 0 heterocycles. The van der Waals surface area contributed by atoms with Crippen molar-refractivity contribution in [3.05, 3.63) is 150 Å². The fourth-order valence-corrected chi connectivity index (χ4v) is 12.6. The van der Waals surface area contributed by atoms with Crippen LogP contribution in [0.25, 0.3) is 33.0 Å². The quantitative estimate of drug-likeness (QED) is 0.167. The number of anilines is 3. The van der Waals surface area contributed by atoms with Crippen molar-refractivity contribution in [2.45, 2.75) is 95.3 Å². The fraction of sp³-hybridized carbons (Fsp3) is 0.358. The van der Waals surface area contributed by atoms with E-state index in [9.17, 15) is 0 Å². The lowest BCUT2D eigenvalue weighted by Gasteiger charge is -2.54. The van der Waals surface area contributed by atoms with Gasteiger partial charge in [0.1, 0.15) is 0 Å². The average Bonchev–Trinajstić information content (AvgIpc) is 3.44. The first-order valence-electron chi connectivity index (χ1n) is 21.3. The lowest BCUT2D eigenvalue weighted by molar-refractivity contribution is -0.00277. The molecule has 12 rings (SSSR count). The maximum atomic E-state index is 2.56. The first-order valence-corrected chi connectivity index (χ1v) is 21.3. The van der Waals surface area contributed by atoms with Crippen LogP contribution in [0, 0.1) is 23.7 Å². The Balaban J connectivity index is 1.07. The molecule has 0 saturated heterocycles. The summed E-state index contributed by atoms with van der Waals surface area (Å²) in [6.07, 6.45) is 14.1. The Morgan fingerprint density at radius 2 is 1.13 bits per heavy atom. The lowest BCUT2D eigenvalue weighted by atomic mass is 9.51. The SMILES string of the molecule is CC1(C)c2ccccc2-c2c(-c3ccc4ccccc4c3)cc(N(c3ccc(C4CCCCC4)cc3)c3ccc(C4C5CC6CC(C5)CC4C6)cc3)cc21. The zero-order chi connectivity index (χ0) is 36.0. The van der Waals surface area contributed by atoms with Gasteiger partial charge in [0.2, 0.25) is 0 Å². The summed E-state index contributed by atoms with van der Waals surface area (Å²) in [6.45, 7) is 4.85. The molecule has 6 aliphatic carbocycles. The molecule has 0 atom stereocenters. The Labute approximate surface area is 322 Å². The maximum Gasteiger partial charge on any atom is 0.0471 e. The topological polar surface area (TPSA) is 3.24 Å². The molecule has 0 unspecified atom stereocenters. The van der Waals surface area contributed by atoms with Gasteiger partial charge in [0.15, 0.2) is 0 Å². The molecule has 0 aliphatic heterocycles. The van der Waals surface area contributed by atoms with Crippen LogP contribution in [0.3, 0.4) is 0 Å². The summed E-state index contributed by atoms with van der Waals surface area (Å²) in [7, 11) is 0. The van der Waals surface area contributed by atoms with Crippen LogP contribution in [0.5, 0.6) is 0 Å². The van der Waals surface area contributed by atoms with E-state index in [1.165, 1.54) is 131 Å². The smallest absolute Gasteiger partial charge is 0.0471 e. The van der Waals surface area contributed by atoms with Crippen molar-refractivity contribution in [3.63, 3.8) is 0 Å². The molecule has 270 valence electrons. The Morgan fingerprint density at radius 3 is 1.83 bits per heavy atom. The van der Waals surface area contributed by atoms with Crippen LogP contribution in [0.15, 0.2) is 127 Å². The van der Waals surface area contributed by atoms with Crippen LogP contribution < -0.4 is 4.90 Å². The Hall–Kier alpha value is -4.62. The minimum Gasteiger partial charge on any atom is -0.310 e. The predicted molar refractivity (Wildman–Crippen MR) is 227 cm³/mol. The molecule has 54 heavy (non-hydrogen) atoms. The zero-order valence-electron chi connectivity index (χ0n) is 32.1. The van der Waals surface area contributed by atoms with Gasteiger partial charge in [-0.15, -0.1) is 0 Å². The van der Waals surface area contributed by atoms with Gasteiger partial charge >= 0.3 is 0 Å². The van der Waals surface area contributed by atoms with Gasteiger partial charge in [-0.3, -0.25) is 0 Å². The molecule has 0 aromatic heterocycles. The molecule has 1 heteroatoms. The van der Waals surface area contributed by atoms with Crippen LogP contribution in [0.1, 0.15) is 112 Å². The summed E-state index contributed by atoms with van der Waals surface area (Å²) in [4.78, 5) is 2.56. The van der Waals surface area contributed by atoms with Crippen molar-refractivity contribution in [2.24, 2.45) is 23.7 Å². The number of benzene rings is 6. The minimum absolute atomic E-state index is 0.118. The van der Waals surface area contributed by atoms with E-state index in [1.807, 2.05) is 0 Å². The summed E-state index contributed by atoms with van der Waals surface area (Å²) >= 11 is 0. The van der Waals surface area contributed by atoms with Gasteiger partial charge in [0.25, 0.3) is 0 Å². The first-order chi connectivity index (χ1) is 26.5. The fourth-order valence-electron chi connectivity index (χ4n) is 12.6. The third kappa shape index (κ3) is 5.32. The molecule has 5 fully saturated rings. The van der Waals surface area contributed by atoms with Crippen molar-refractivity contribution < 1.29 is 0 Å². The van der Waals surface area contributed by atoms with E-state index < -0.39 is 0 Å². The molecular weight excluding hydrogens is 651 g/mol. The van der Waals surface area contributed by atoms with Crippen LogP contribution in [-0.2, 0) is 5.41 Å². The van der Waals surface area contributed by atoms with Crippen molar-refractivity contribution >= 4 is 27.8 Å². The van der Waals surface area contributed by atoms with Crippen molar-refractivity contribution in [1.29, 1.82) is 0 Å². The van der Waals surface area contributed by atoms with Gasteiger partial charge in [-0.1, -0.05) is 118 Å². The highest BCUT2D eigenvalue weighted by Crippen LogP contribution is 2.60. The van der Waals surface area contributed by atoms with Gasteiger partial charge in [-0.2, -0.15) is 0 Å². The second kappa shape index (κ2) is 12.7. The van der Waals surface area contributed by atoms with Gasteiger partial charge in [-0.25, -0.2) is 0 Å². The van der Waals surface area contributed by atoms with Gasteiger partial charge in [-0.05, 0) is 178 Å². The van der Waals surface area contributed by atoms with E-state index in [0.29, 0.717) is 5.92 Å². The molecule has 0 spiro atoms. The van der Waals surface area contributed by atoms with E-state index >= 15 is 0 Å². The van der Waals surface area contributed by atoms with Gasteiger partial charge < -0.3 is 4.90 Å². The van der Waals surface area contributed by atoms with Crippen molar-refractivity contribution in [1.82, 2.24) is 0 Å². The highest BCUT2D eigenvalue weighted by molar-refractivity contribution is 5.98. The van der Waals surface area contributed by atoms with Crippen LogP contribution >= 0.6 is 0 Å². The number of hydrogen-bond donors (Lipinski definition) is 0. The Bertz CT molecular complexity index is 2330. The monoisotopic (exact) mass is 703 g/mol. The molecular formula is C53H53N. The summed E-state index contributed by atoms with van der Waals surface area (Å²) in [6, 6.07) is 49.7. The normalized spacial score (nSPS) is 25.1. The molecule has 1 nitrogen and oxygen atoms in total. The van der Waals surface area contributed by atoms with Gasteiger partial charge in [0.05, 0.1) is 0 Å². The van der Waals surface area contributed by atoms with Crippen LogP contribution in [-0.4, -0.2) is 0 Å². The van der Waals surface area contributed by atoms with Crippen LogP contribution in [0.4, 0.5) is 17.1 Å². The molecule has 6 aromatic rings. The molecule has 5 saturated carbocycles. The average molecular weight is 704 g/mol. The summed E-state index contributed by atoms with van der Waals surface area (Å²) < 4.78 is 0. The van der Waals surface area contributed by atoms with E-state index in [1.54, 1.807) is 5.56 Å². The molecule has 6 aliphatic rings. The summed E-state index contributed by atoms with van der Waals surface area (Å²) in [5, 5.41) is 2.57. The number of nitrogens with zero attached hydrogens (tertiary/aromatic N) is 1. The largest absolute Gasteiger partial charge is 0.310 e. The Kier molecular flexibility index (Phi) is 7.73. The van der Waals surface area contributed by atoms with E-state index in [4.69, 9.17) is 0 Å². The van der Waals surface area contributed by atoms with Crippen LogP contribution in [0.2, 0.25) is 0 Å². The summed E-state index contributed by atoms with van der Waals surface area (Å²) in [5.41, 5.74) is 14.9. The molecule has 4 bridgehead atoms. The third-order valence-electron chi connectivity index (χ3n) is 15.0. The standard InChI is InChI=1S/C53H53N/c1-53(2)49-15-9-8-14-47(49)52-48(41-17-16-37-12-6-7-13-40(37)31-41)32-46(33-50(52)53)54(44-22-18-38(19-23-44)36-10-4-3-5-11-36)45-24-20-39(21-25-45)51-42-27-34-26-35(29-42)30-43(51)28-34/h6-9,12-25,31-36,42-43,51H,3-5,10-11,26-30H2,1-2H3. The zero-order valence-corrected chi connectivity index (χ0v) is 32.1. The third-order valence-corrected chi connectivity index (χ3v) is 15.0. The molecule has 0 N–H and O–H groups in total.